The van der Waals surface area contributed by atoms with Gasteiger partial charge >= 0.3 is 0 Å². The molecular weight excluding hydrogens is 232 g/mol. The summed E-state index contributed by atoms with van der Waals surface area (Å²) in [5.74, 6) is 1.80. The summed E-state index contributed by atoms with van der Waals surface area (Å²) in [4.78, 5) is 2.68. The van der Waals surface area contributed by atoms with Gasteiger partial charge in [0, 0.05) is 25.2 Å². The van der Waals surface area contributed by atoms with Crippen LogP contribution >= 0.6 is 0 Å². The number of nitrogens with two attached hydrogens (primary N) is 1. The number of rotatable bonds is 4. The SMILES string of the molecule is NCC(c1ccc(C2CC2)cc1)N1CC2CCC1C2. The normalized spacial score (nSPS) is 31.8. The van der Waals surface area contributed by atoms with Gasteiger partial charge in [-0.25, -0.2) is 0 Å². The van der Waals surface area contributed by atoms with Gasteiger partial charge in [-0.05, 0) is 55.1 Å². The van der Waals surface area contributed by atoms with Crippen LogP contribution in [0.15, 0.2) is 24.3 Å². The van der Waals surface area contributed by atoms with Crippen molar-refractivity contribution in [3.63, 3.8) is 0 Å². The molecule has 102 valence electrons. The maximum absolute atomic E-state index is 6.08. The van der Waals surface area contributed by atoms with Crippen molar-refractivity contribution in [2.45, 2.75) is 50.1 Å². The van der Waals surface area contributed by atoms with Crippen molar-refractivity contribution in [1.29, 1.82) is 0 Å². The van der Waals surface area contributed by atoms with Gasteiger partial charge in [0.1, 0.15) is 0 Å². The van der Waals surface area contributed by atoms with E-state index in [1.807, 2.05) is 0 Å². The van der Waals surface area contributed by atoms with E-state index in [4.69, 9.17) is 5.73 Å². The Kier molecular flexibility index (Phi) is 2.89. The first kappa shape index (κ1) is 11.9. The molecule has 1 heterocycles. The molecule has 2 heteroatoms. The first-order chi connectivity index (χ1) is 9.35. The van der Waals surface area contributed by atoms with Crippen LogP contribution in [0.4, 0.5) is 0 Å². The maximum Gasteiger partial charge on any atom is 0.0473 e. The predicted molar refractivity (Wildman–Crippen MR) is 78.0 cm³/mol. The molecule has 2 aliphatic carbocycles. The van der Waals surface area contributed by atoms with Crippen molar-refractivity contribution in [2.24, 2.45) is 11.7 Å². The molecule has 0 radical (unpaired) electrons. The first-order valence-corrected chi connectivity index (χ1v) is 7.91. The third-order valence-electron chi connectivity index (χ3n) is 5.45. The van der Waals surface area contributed by atoms with Gasteiger partial charge in [-0.2, -0.15) is 0 Å². The molecule has 0 spiro atoms. The molecule has 2 saturated carbocycles. The number of piperidine rings is 1. The minimum absolute atomic E-state index is 0.448. The van der Waals surface area contributed by atoms with Crippen LogP contribution < -0.4 is 5.73 Å². The second-order valence-corrected chi connectivity index (χ2v) is 6.72. The average Bonchev–Trinajstić information content (AvgIpc) is 3.09. The summed E-state index contributed by atoms with van der Waals surface area (Å²) in [6, 6.07) is 10.6. The van der Waals surface area contributed by atoms with Crippen LogP contribution in [-0.2, 0) is 0 Å². The number of nitrogens with zero attached hydrogens (tertiary/aromatic N) is 1. The third-order valence-corrected chi connectivity index (χ3v) is 5.45. The molecule has 2 bridgehead atoms. The lowest BCUT2D eigenvalue weighted by Crippen LogP contribution is -2.39. The fourth-order valence-electron chi connectivity index (χ4n) is 4.21. The molecule has 1 aromatic rings. The number of likely N-dealkylation sites (tertiary alicyclic amines) is 1. The van der Waals surface area contributed by atoms with E-state index in [-0.39, 0.29) is 0 Å². The Hall–Kier alpha value is -0.860. The van der Waals surface area contributed by atoms with E-state index in [1.165, 1.54) is 49.8 Å². The van der Waals surface area contributed by atoms with Crippen molar-refractivity contribution in [3.05, 3.63) is 35.4 Å². The third kappa shape index (κ3) is 2.11. The molecule has 2 nitrogen and oxygen atoms in total. The van der Waals surface area contributed by atoms with Gasteiger partial charge in [-0.15, -0.1) is 0 Å². The smallest absolute Gasteiger partial charge is 0.0473 e. The highest BCUT2D eigenvalue weighted by molar-refractivity contribution is 5.30. The molecule has 1 saturated heterocycles. The summed E-state index contributed by atoms with van der Waals surface area (Å²) in [5.41, 5.74) is 9.05. The molecule has 1 aromatic carbocycles. The van der Waals surface area contributed by atoms with Gasteiger partial charge in [0.2, 0.25) is 0 Å². The van der Waals surface area contributed by atoms with Crippen LogP contribution in [0, 0.1) is 5.92 Å². The van der Waals surface area contributed by atoms with Gasteiger partial charge < -0.3 is 5.73 Å². The summed E-state index contributed by atoms with van der Waals surface area (Å²) in [5, 5.41) is 0. The fourth-order valence-corrected chi connectivity index (χ4v) is 4.21. The topological polar surface area (TPSA) is 29.3 Å². The number of hydrogen-bond donors (Lipinski definition) is 1. The van der Waals surface area contributed by atoms with E-state index in [0.717, 1.165) is 24.4 Å². The largest absolute Gasteiger partial charge is 0.329 e. The Labute approximate surface area is 116 Å². The Balaban J connectivity index is 1.54. The van der Waals surface area contributed by atoms with E-state index < -0.39 is 0 Å². The molecule has 2 N–H and O–H groups in total. The lowest BCUT2D eigenvalue weighted by Gasteiger charge is -2.34. The minimum Gasteiger partial charge on any atom is -0.329 e. The summed E-state index contributed by atoms with van der Waals surface area (Å²) in [7, 11) is 0. The van der Waals surface area contributed by atoms with Crippen molar-refractivity contribution in [1.82, 2.24) is 4.90 Å². The zero-order valence-electron chi connectivity index (χ0n) is 11.6. The number of hydrogen-bond acceptors (Lipinski definition) is 2. The summed E-state index contributed by atoms with van der Waals surface area (Å²) in [6.45, 7) is 2.03. The van der Waals surface area contributed by atoms with E-state index >= 15 is 0 Å². The number of fused-ring (bicyclic) bond motifs is 2. The van der Waals surface area contributed by atoms with Crippen LogP contribution in [0.1, 0.15) is 55.2 Å². The van der Waals surface area contributed by atoms with Crippen LogP contribution in [0.3, 0.4) is 0 Å². The van der Waals surface area contributed by atoms with Gasteiger partial charge in [-0.1, -0.05) is 24.3 Å². The molecule has 3 fully saturated rings. The lowest BCUT2D eigenvalue weighted by molar-refractivity contribution is 0.153. The van der Waals surface area contributed by atoms with Gasteiger partial charge in [0.15, 0.2) is 0 Å². The van der Waals surface area contributed by atoms with E-state index in [9.17, 15) is 0 Å². The second kappa shape index (κ2) is 4.60. The predicted octanol–water partition coefficient (Wildman–Crippen LogP) is 3.05. The maximum atomic E-state index is 6.08. The fraction of sp³-hybridized carbons (Fsp3) is 0.647. The highest BCUT2D eigenvalue weighted by atomic mass is 15.2. The van der Waals surface area contributed by atoms with Crippen LogP contribution in [0.5, 0.6) is 0 Å². The minimum atomic E-state index is 0.448. The zero-order chi connectivity index (χ0) is 12.8. The molecular formula is C17H24N2. The molecule has 1 aliphatic heterocycles. The molecule has 3 atom stereocenters. The Morgan fingerprint density at radius 1 is 1.11 bits per heavy atom. The van der Waals surface area contributed by atoms with Crippen LogP contribution in [-0.4, -0.2) is 24.0 Å². The quantitative estimate of drug-likeness (QED) is 0.897. The highest BCUT2D eigenvalue weighted by Crippen LogP contribution is 2.43. The monoisotopic (exact) mass is 256 g/mol. The van der Waals surface area contributed by atoms with E-state index in [1.54, 1.807) is 0 Å². The zero-order valence-corrected chi connectivity index (χ0v) is 11.6. The average molecular weight is 256 g/mol. The molecule has 19 heavy (non-hydrogen) atoms. The molecule has 3 aliphatic rings. The molecule has 4 rings (SSSR count). The van der Waals surface area contributed by atoms with Crippen LogP contribution in [0.25, 0.3) is 0 Å². The van der Waals surface area contributed by atoms with Crippen molar-refractivity contribution in [2.75, 3.05) is 13.1 Å². The van der Waals surface area contributed by atoms with Crippen molar-refractivity contribution < 1.29 is 0 Å². The first-order valence-electron chi connectivity index (χ1n) is 7.91. The van der Waals surface area contributed by atoms with Crippen LogP contribution in [0.2, 0.25) is 0 Å². The standard InChI is InChI=1S/C17H24N2/c18-10-17(19-11-12-1-8-16(19)9-12)15-6-4-14(5-7-15)13-2-3-13/h4-7,12-13,16-17H,1-3,8-11,18H2. The lowest BCUT2D eigenvalue weighted by atomic mass is 9.99. The molecule has 0 amide bonds. The summed E-state index contributed by atoms with van der Waals surface area (Å²) < 4.78 is 0. The van der Waals surface area contributed by atoms with Crippen molar-refractivity contribution in [3.8, 4) is 0 Å². The van der Waals surface area contributed by atoms with E-state index in [0.29, 0.717) is 6.04 Å². The molecule has 0 aromatic heterocycles. The van der Waals surface area contributed by atoms with Crippen molar-refractivity contribution >= 4 is 0 Å². The molecule has 3 unspecified atom stereocenters. The van der Waals surface area contributed by atoms with Gasteiger partial charge in [0.25, 0.3) is 0 Å². The Morgan fingerprint density at radius 3 is 2.42 bits per heavy atom. The number of benzene rings is 1. The summed E-state index contributed by atoms with van der Waals surface area (Å²) >= 11 is 0. The Bertz CT molecular complexity index is 449. The highest BCUT2D eigenvalue weighted by Gasteiger charge is 2.40. The Morgan fingerprint density at radius 2 is 1.89 bits per heavy atom. The van der Waals surface area contributed by atoms with E-state index in [2.05, 4.69) is 29.2 Å². The van der Waals surface area contributed by atoms with Gasteiger partial charge in [0.05, 0.1) is 0 Å². The second-order valence-electron chi connectivity index (χ2n) is 6.72. The van der Waals surface area contributed by atoms with Gasteiger partial charge in [-0.3, -0.25) is 4.90 Å². The summed E-state index contributed by atoms with van der Waals surface area (Å²) in [6.07, 6.45) is 7.02.